The van der Waals surface area contributed by atoms with Gasteiger partial charge in [-0.2, -0.15) is 0 Å². The zero-order chi connectivity index (χ0) is 13.0. The maximum atomic E-state index is 12.8. The van der Waals surface area contributed by atoms with Crippen molar-refractivity contribution >= 4 is 5.91 Å². The van der Waals surface area contributed by atoms with Crippen molar-refractivity contribution in [3.05, 3.63) is 35.1 Å². The van der Waals surface area contributed by atoms with E-state index in [0.29, 0.717) is 18.6 Å². The van der Waals surface area contributed by atoms with Gasteiger partial charge in [0.2, 0.25) is 0 Å². The second kappa shape index (κ2) is 5.67. The number of hydrogen-bond acceptors (Lipinski definition) is 2. The van der Waals surface area contributed by atoms with Gasteiger partial charge < -0.3 is 10.4 Å². The monoisotopic (exact) mass is 247 g/mol. The number of nitrogens with one attached hydrogen (secondary N) is 1. The summed E-state index contributed by atoms with van der Waals surface area (Å²) >= 11 is 0. The molecule has 1 rings (SSSR count). The van der Waals surface area contributed by atoms with Crippen molar-refractivity contribution in [2.45, 2.75) is 19.4 Å². The Bertz CT molecular complexity index is 400. The number of benzene rings is 1. The van der Waals surface area contributed by atoms with Crippen molar-refractivity contribution in [3.8, 4) is 0 Å². The summed E-state index contributed by atoms with van der Waals surface area (Å²) in [6.45, 7) is 1.68. The average Bonchev–Trinajstić information content (AvgIpc) is 2.31. The molecule has 94 valence electrons. The second-order valence-corrected chi connectivity index (χ2v) is 3.53. The lowest BCUT2D eigenvalue weighted by molar-refractivity contribution is 0.0912. The second-order valence-electron chi connectivity index (χ2n) is 3.53. The molecule has 17 heavy (non-hydrogen) atoms. The number of rotatable bonds is 4. The Morgan fingerprint density at radius 1 is 1.35 bits per heavy atom. The molecule has 1 atom stereocenters. The molecule has 0 saturated heterocycles. The van der Waals surface area contributed by atoms with Crippen LogP contribution in [0.1, 0.15) is 23.7 Å². The molecule has 1 aromatic rings. The molecule has 0 fully saturated rings. The molecule has 0 aliphatic carbocycles. The number of aliphatic hydroxyl groups is 1. The van der Waals surface area contributed by atoms with Gasteiger partial charge in [-0.25, -0.2) is 13.2 Å². The van der Waals surface area contributed by atoms with Crippen molar-refractivity contribution in [1.29, 1.82) is 0 Å². The molecule has 0 aliphatic heterocycles. The van der Waals surface area contributed by atoms with Crippen LogP contribution in [0.25, 0.3) is 0 Å². The van der Waals surface area contributed by atoms with Gasteiger partial charge in [0.15, 0.2) is 17.5 Å². The molecule has 0 aliphatic rings. The highest BCUT2D eigenvalue weighted by Crippen LogP contribution is 2.13. The van der Waals surface area contributed by atoms with Crippen LogP contribution in [0, 0.1) is 17.5 Å². The first-order valence-electron chi connectivity index (χ1n) is 5.06. The minimum Gasteiger partial charge on any atom is -0.391 e. The van der Waals surface area contributed by atoms with Crippen molar-refractivity contribution in [1.82, 2.24) is 5.32 Å². The molecular formula is C11H12F3NO2. The summed E-state index contributed by atoms with van der Waals surface area (Å²) in [5, 5.41) is 11.5. The van der Waals surface area contributed by atoms with Gasteiger partial charge in [0, 0.05) is 12.1 Å². The van der Waals surface area contributed by atoms with Crippen molar-refractivity contribution < 1.29 is 23.1 Å². The number of amides is 1. The first-order valence-corrected chi connectivity index (χ1v) is 5.06. The normalized spacial score (nSPS) is 12.3. The van der Waals surface area contributed by atoms with E-state index in [9.17, 15) is 23.1 Å². The predicted molar refractivity (Wildman–Crippen MR) is 54.9 cm³/mol. The van der Waals surface area contributed by atoms with Gasteiger partial charge in [0.05, 0.1) is 6.10 Å². The summed E-state index contributed by atoms with van der Waals surface area (Å²) in [7, 11) is 0. The van der Waals surface area contributed by atoms with E-state index in [0.717, 1.165) is 0 Å². The molecule has 0 radical (unpaired) electrons. The molecule has 1 amide bonds. The highest BCUT2D eigenvalue weighted by Gasteiger charge is 2.15. The van der Waals surface area contributed by atoms with E-state index < -0.39 is 29.5 Å². The predicted octanol–water partition coefficient (Wildman–Crippen LogP) is 1.60. The minimum absolute atomic E-state index is 0.0318. The maximum absolute atomic E-state index is 12.8. The Morgan fingerprint density at radius 3 is 2.35 bits per heavy atom. The number of carbonyl (C=O) groups excluding carboxylic acids is 1. The molecule has 1 aromatic carbocycles. The van der Waals surface area contributed by atoms with Gasteiger partial charge >= 0.3 is 0 Å². The largest absolute Gasteiger partial charge is 0.391 e. The van der Waals surface area contributed by atoms with Crippen LogP contribution in [-0.4, -0.2) is 23.7 Å². The van der Waals surface area contributed by atoms with Crippen molar-refractivity contribution in [2.24, 2.45) is 0 Å². The van der Waals surface area contributed by atoms with Gasteiger partial charge in [0.1, 0.15) is 0 Å². The van der Waals surface area contributed by atoms with Gasteiger partial charge in [-0.05, 0) is 18.6 Å². The summed E-state index contributed by atoms with van der Waals surface area (Å²) in [5.74, 6) is -5.23. The van der Waals surface area contributed by atoms with E-state index >= 15 is 0 Å². The van der Waals surface area contributed by atoms with Crippen molar-refractivity contribution in [2.75, 3.05) is 6.54 Å². The summed E-state index contributed by atoms with van der Waals surface area (Å²) in [6.07, 6.45) is -0.291. The average molecular weight is 247 g/mol. The van der Waals surface area contributed by atoms with E-state index in [1.807, 2.05) is 0 Å². The number of aliphatic hydroxyl groups excluding tert-OH is 1. The summed E-state index contributed by atoms with van der Waals surface area (Å²) < 4.78 is 38.3. The van der Waals surface area contributed by atoms with Crippen LogP contribution in [0.15, 0.2) is 12.1 Å². The third kappa shape index (κ3) is 3.45. The molecule has 2 N–H and O–H groups in total. The summed E-state index contributed by atoms with van der Waals surface area (Å²) in [4.78, 5) is 11.4. The quantitative estimate of drug-likeness (QED) is 0.794. The molecule has 0 spiro atoms. The number of carbonyl (C=O) groups is 1. The Hall–Kier alpha value is -1.56. The number of hydrogen-bond donors (Lipinski definition) is 2. The molecule has 6 heteroatoms. The molecule has 0 saturated carbocycles. The third-order valence-corrected chi connectivity index (χ3v) is 2.22. The van der Waals surface area contributed by atoms with Crippen LogP contribution in [0.2, 0.25) is 0 Å². The molecule has 0 heterocycles. The van der Waals surface area contributed by atoms with E-state index in [4.69, 9.17) is 0 Å². The lowest BCUT2D eigenvalue weighted by atomic mass is 10.2. The van der Waals surface area contributed by atoms with Gasteiger partial charge in [-0.1, -0.05) is 6.92 Å². The van der Waals surface area contributed by atoms with Crippen LogP contribution in [0.4, 0.5) is 13.2 Å². The molecular weight excluding hydrogens is 235 g/mol. The molecule has 0 bridgehead atoms. The minimum atomic E-state index is -1.62. The zero-order valence-electron chi connectivity index (χ0n) is 9.14. The van der Waals surface area contributed by atoms with E-state index in [-0.39, 0.29) is 12.1 Å². The van der Waals surface area contributed by atoms with Crippen LogP contribution in [0.5, 0.6) is 0 Å². The van der Waals surface area contributed by atoms with Gasteiger partial charge in [0.25, 0.3) is 5.91 Å². The SMILES string of the molecule is CCC(O)CNC(=O)c1cc(F)c(F)c(F)c1. The Labute approximate surface area is 96.3 Å². The lowest BCUT2D eigenvalue weighted by Gasteiger charge is -2.09. The van der Waals surface area contributed by atoms with Crippen LogP contribution < -0.4 is 5.32 Å². The first-order chi connectivity index (χ1) is 7.95. The molecule has 0 aromatic heterocycles. The molecule has 1 unspecified atom stereocenters. The van der Waals surface area contributed by atoms with E-state index in [1.165, 1.54) is 0 Å². The lowest BCUT2D eigenvalue weighted by Crippen LogP contribution is -2.31. The maximum Gasteiger partial charge on any atom is 0.251 e. The Balaban J connectivity index is 2.76. The van der Waals surface area contributed by atoms with Crippen LogP contribution in [0.3, 0.4) is 0 Å². The van der Waals surface area contributed by atoms with Crippen LogP contribution in [-0.2, 0) is 0 Å². The fourth-order valence-corrected chi connectivity index (χ4v) is 1.14. The first kappa shape index (κ1) is 13.5. The van der Waals surface area contributed by atoms with Crippen LogP contribution >= 0.6 is 0 Å². The van der Waals surface area contributed by atoms with E-state index in [1.54, 1.807) is 6.92 Å². The fourth-order valence-electron chi connectivity index (χ4n) is 1.14. The summed E-state index contributed by atoms with van der Waals surface area (Å²) in [6, 6.07) is 1.21. The van der Waals surface area contributed by atoms with E-state index in [2.05, 4.69) is 5.32 Å². The Morgan fingerprint density at radius 2 is 1.88 bits per heavy atom. The van der Waals surface area contributed by atoms with Gasteiger partial charge in [-0.3, -0.25) is 4.79 Å². The highest BCUT2D eigenvalue weighted by molar-refractivity contribution is 5.94. The van der Waals surface area contributed by atoms with Crippen molar-refractivity contribution in [3.63, 3.8) is 0 Å². The summed E-state index contributed by atoms with van der Waals surface area (Å²) in [5.41, 5.74) is -0.329. The molecule has 3 nitrogen and oxygen atoms in total. The standard InChI is InChI=1S/C11H12F3NO2/c1-2-7(16)5-15-11(17)6-3-8(12)10(14)9(13)4-6/h3-4,7,16H,2,5H2,1H3,(H,15,17). The third-order valence-electron chi connectivity index (χ3n) is 2.22. The number of halogens is 3. The zero-order valence-corrected chi connectivity index (χ0v) is 9.14. The highest BCUT2D eigenvalue weighted by atomic mass is 19.2. The topological polar surface area (TPSA) is 49.3 Å². The van der Waals surface area contributed by atoms with Gasteiger partial charge in [-0.15, -0.1) is 0 Å². The fraction of sp³-hybridized carbons (Fsp3) is 0.364. The Kier molecular flexibility index (Phi) is 4.51. The smallest absolute Gasteiger partial charge is 0.251 e.